The van der Waals surface area contributed by atoms with Gasteiger partial charge in [0.1, 0.15) is 16.8 Å². The number of benzene rings is 1. The molecule has 0 aliphatic rings. The Hall–Kier alpha value is -3.40. The Morgan fingerprint density at radius 1 is 1.03 bits per heavy atom. The number of hydrogen-bond donors (Lipinski definition) is 0. The largest absolute Gasteiger partial charge is 0.443 e. The Morgan fingerprint density at radius 3 is 2.14 bits per heavy atom. The predicted molar refractivity (Wildman–Crippen MR) is 141 cm³/mol. The SMILES string of the molecule is CSc1ncc2c(N(C(=O)OC(C)(C)C)C(=O)OC(C)(C)C)cc(=O)n(Cc3ccccc3C)c2n1. The summed E-state index contributed by atoms with van der Waals surface area (Å²) in [7, 11) is 0. The quantitative estimate of drug-likeness (QED) is 0.331. The topological polar surface area (TPSA) is 104 Å². The number of ether oxygens (including phenoxy) is 2. The van der Waals surface area contributed by atoms with Gasteiger partial charge in [0, 0.05) is 12.3 Å². The molecule has 0 aliphatic heterocycles. The first-order valence-electron chi connectivity index (χ1n) is 11.5. The second kappa shape index (κ2) is 10.3. The number of fused-ring (bicyclic) bond motifs is 1. The lowest BCUT2D eigenvalue weighted by Crippen LogP contribution is -2.44. The Labute approximate surface area is 214 Å². The molecule has 0 unspecified atom stereocenters. The molecule has 0 N–H and O–H groups in total. The molecular formula is C26H32N4O5S. The maximum Gasteiger partial charge on any atom is 0.424 e. The fourth-order valence-corrected chi connectivity index (χ4v) is 3.74. The number of pyridine rings is 1. The van der Waals surface area contributed by atoms with Crippen molar-refractivity contribution in [1.82, 2.24) is 14.5 Å². The highest BCUT2D eigenvalue weighted by Crippen LogP contribution is 2.29. The summed E-state index contributed by atoms with van der Waals surface area (Å²) in [5, 5.41) is 0.774. The van der Waals surface area contributed by atoms with Gasteiger partial charge in [-0.2, -0.15) is 4.90 Å². The van der Waals surface area contributed by atoms with E-state index in [0.29, 0.717) is 10.5 Å². The zero-order chi connectivity index (χ0) is 26.8. The summed E-state index contributed by atoms with van der Waals surface area (Å²) in [4.78, 5) is 49.6. The van der Waals surface area contributed by atoms with E-state index in [1.165, 1.54) is 28.6 Å². The van der Waals surface area contributed by atoms with Gasteiger partial charge in [-0.3, -0.25) is 9.36 Å². The number of thioether (sulfide) groups is 1. The van der Waals surface area contributed by atoms with Gasteiger partial charge in [0.15, 0.2) is 5.16 Å². The maximum absolute atomic E-state index is 13.5. The lowest BCUT2D eigenvalue weighted by Gasteiger charge is -2.29. The molecule has 2 aromatic heterocycles. The minimum atomic E-state index is -0.969. The average Bonchev–Trinajstić information content (AvgIpc) is 2.74. The van der Waals surface area contributed by atoms with Crippen LogP contribution in [-0.4, -0.2) is 44.2 Å². The third kappa shape index (κ3) is 6.42. The number of anilines is 1. The van der Waals surface area contributed by atoms with Crippen molar-refractivity contribution in [2.24, 2.45) is 0 Å². The Kier molecular flexibility index (Phi) is 7.78. The van der Waals surface area contributed by atoms with Gasteiger partial charge in [0.25, 0.3) is 5.56 Å². The van der Waals surface area contributed by atoms with Crippen LogP contribution in [0.1, 0.15) is 52.7 Å². The van der Waals surface area contributed by atoms with E-state index in [9.17, 15) is 14.4 Å². The molecule has 0 aliphatic carbocycles. The Balaban J connectivity index is 2.27. The monoisotopic (exact) mass is 512 g/mol. The summed E-state index contributed by atoms with van der Waals surface area (Å²) >= 11 is 1.32. The van der Waals surface area contributed by atoms with Crippen molar-refractivity contribution < 1.29 is 19.1 Å². The molecule has 2 amide bonds. The summed E-state index contributed by atoms with van der Waals surface area (Å²) in [6.45, 7) is 12.3. The molecule has 0 saturated heterocycles. The van der Waals surface area contributed by atoms with Gasteiger partial charge in [-0.25, -0.2) is 19.6 Å². The van der Waals surface area contributed by atoms with E-state index in [1.807, 2.05) is 37.4 Å². The van der Waals surface area contributed by atoms with Crippen LogP contribution in [0.4, 0.5) is 15.3 Å². The molecule has 10 heteroatoms. The summed E-state index contributed by atoms with van der Waals surface area (Å²) in [5.74, 6) is 0. The second-order valence-electron chi connectivity index (χ2n) is 10.3. The number of carbonyl (C=O) groups is 2. The highest BCUT2D eigenvalue weighted by atomic mass is 32.2. The van der Waals surface area contributed by atoms with Crippen molar-refractivity contribution in [3.63, 3.8) is 0 Å². The number of hydrogen-bond acceptors (Lipinski definition) is 8. The lowest BCUT2D eigenvalue weighted by atomic mass is 10.1. The predicted octanol–water partition coefficient (Wildman–Crippen LogP) is 5.55. The molecule has 0 fully saturated rings. The number of imide groups is 1. The van der Waals surface area contributed by atoms with Crippen molar-refractivity contribution in [2.45, 2.75) is 71.4 Å². The number of rotatable bonds is 4. The first-order chi connectivity index (χ1) is 16.7. The second-order valence-corrected chi connectivity index (χ2v) is 11.0. The van der Waals surface area contributed by atoms with Gasteiger partial charge < -0.3 is 9.47 Å². The lowest BCUT2D eigenvalue weighted by molar-refractivity contribution is 0.0431. The van der Waals surface area contributed by atoms with Crippen molar-refractivity contribution in [3.8, 4) is 0 Å². The van der Waals surface area contributed by atoms with E-state index < -0.39 is 28.9 Å². The van der Waals surface area contributed by atoms with E-state index in [2.05, 4.69) is 9.97 Å². The number of aryl methyl sites for hydroxylation is 1. The average molecular weight is 513 g/mol. The van der Waals surface area contributed by atoms with E-state index in [4.69, 9.17) is 9.47 Å². The molecule has 1 aromatic carbocycles. The van der Waals surface area contributed by atoms with Gasteiger partial charge in [-0.05, 0) is 65.8 Å². The third-order valence-electron chi connectivity index (χ3n) is 4.97. The first-order valence-corrected chi connectivity index (χ1v) is 12.7. The molecule has 192 valence electrons. The molecule has 0 radical (unpaired) electrons. The molecule has 9 nitrogen and oxygen atoms in total. The molecule has 3 aromatic rings. The van der Waals surface area contributed by atoms with Crippen LogP contribution in [0.3, 0.4) is 0 Å². The minimum absolute atomic E-state index is 0.00723. The van der Waals surface area contributed by atoms with Crippen molar-refractivity contribution >= 4 is 40.7 Å². The normalized spacial score (nSPS) is 11.9. The summed E-state index contributed by atoms with van der Waals surface area (Å²) in [6.07, 6.45) is 1.38. The van der Waals surface area contributed by atoms with Gasteiger partial charge in [-0.15, -0.1) is 0 Å². The van der Waals surface area contributed by atoms with E-state index in [0.717, 1.165) is 16.0 Å². The summed E-state index contributed by atoms with van der Waals surface area (Å²) in [6, 6.07) is 8.95. The van der Waals surface area contributed by atoms with Gasteiger partial charge >= 0.3 is 12.2 Å². The first kappa shape index (κ1) is 27.2. The highest BCUT2D eigenvalue weighted by Gasteiger charge is 2.34. The van der Waals surface area contributed by atoms with Crippen LogP contribution in [0.25, 0.3) is 11.0 Å². The zero-order valence-corrected chi connectivity index (χ0v) is 22.7. The molecule has 2 heterocycles. The molecule has 0 saturated carbocycles. The number of amides is 2. The Bertz CT molecular complexity index is 1330. The molecule has 0 spiro atoms. The van der Waals surface area contributed by atoms with Gasteiger partial charge in [0.05, 0.1) is 17.6 Å². The Morgan fingerprint density at radius 2 is 1.61 bits per heavy atom. The van der Waals surface area contributed by atoms with E-state index in [1.54, 1.807) is 41.5 Å². The third-order valence-corrected chi connectivity index (χ3v) is 5.53. The van der Waals surface area contributed by atoms with Crippen molar-refractivity contribution in [3.05, 3.63) is 58.0 Å². The number of carbonyl (C=O) groups excluding carboxylic acids is 2. The van der Waals surface area contributed by atoms with Crippen molar-refractivity contribution in [1.29, 1.82) is 0 Å². The highest BCUT2D eigenvalue weighted by molar-refractivity contribution is 7.98. The standard InChI is InChI=1S/C26H32N4O5S/c1-16-11-9-10-12-17(16)15-29-20(31)13-19(18-14-27-22(36-8)28-21(18)29)30(23(32)34-25(2,3)4)24(33)35-26(5,6)7/h9-14H,15H2,1-8H3. The van der Waals surface area contributed by atoms with Crippen LogP contribution in [0.5, 0.6) is 0 Å². The van der Waals surface area contributed by atoms with Gasteiger partial charge in [-0.1, -0.05) is 36.0 Å². The molecule has 36 heavy (non-hydrogen) atoms. The van der Waals surface area contributed by atoms with Crippen LogP contribution in [0.2, 0.25) is 0 Å². The fraction of sp³-hybridized carbons (Fsp3) is 0.423. The van der Waals surface area contributed by atoms with Crippen LogP contribution >= 0.6 is 11.8 Å². The fourth-order valence-electron chi connectivity index (χ4n) is 3.40. The molecule has 0 bridgehead atoms. The molecule has 0 atom stereocenters. The van der Waals surface area contributed by atoms with Crippen LogP contribution in [0, 0.1) is 6.92 Å². The van der Waals surface area contributed by atoms with E-state index in [-0.39, 0.29) is 17.9 Å². The summed E-state index contributed by atoms with van der Waals surface area (Å²) < 4.78 is 12.5. The number of aromatic nitrogens is 3. The van der Waals surface area contributed by atoms with Crippen LogP contribution in [-0.2, 0) is 16.0 Å². The van der Waals surface area contributed by atoms with Crippen LogP contribution < -0.4 is 10.5 Å². The minimum Gasteiger partial charge on any atom is -0.443 e. The number of nitrogens with zero attached hydrogens (tertiary/aromatic N) is 4. The smallest absolute Gasteiger partial charge is 0.424 e. The zero-order valence-electron chi connectivity index (χ0n) is 21.9. The van der Waals surface area contributed by atoms with Crippen LogP contribution in [0.15, 0.2) is 46.5 Å². The van der Waals surface area contributed by atoms with Gasteiger partial charge in [0.2, 0.25) is 0 Å². The molecule has 3 rings (SSSR count). The summed E-state index contributed by atoms with van der Waals surface area (Å²) in [5.41, 5.74) is 0.0115. The van der Waals surface area contributed by atoms with E-state index >= 15 is 0 Å². The van der Waals surface area contributed by atoms with Crippen molar-refractivity contribution in [2.75, 3.05) is 11.2 Å². The molecular weight excluding hydrogens is 480 g/mol. The maximum atomic E-state index is 13.5.